The van der Waals surface area contributed by atoms with E-state index in [1.165, 1.54) is 72.8 Å². The van der Waals surface area contributed by atoms with Gasteiger partial charge in [-0.1, -0.05) is 0 Å². The molecule has 0 aliphatic carbocycles. The Kier molecular flexibility index (Phi) is 10.4. The molecular weight excluding hydrogens is 584 g/mol. The zero-order valence-corrected chi connectivity index (χ0v) is 24.1. The topological polar surface area (TPSA) is 146 Å². The van der Waals surface area contributed by atoms with E-state index in [1.807, 2.05) is 0 Å². The monoisotopic (exact) mass is 614 g/mol. The van der Waals surface area contributed by atoms with Gasteiger partial charge in [-0.2, -0.15) is 0 Å². The van der Waals surface area contributed by atoms with Crippen LogP contribution in [-0.2, 0) is 29.1 Å². The summed E-state index contributed by atoms with van der Waals surface area (Å²) >= 11 is 0. The van der Waals surface area contributed by atoms with Crippen LogP contribution in [0.2, 0.25) is 0 Å². The van der Waals surface area contributed by atoms with Crippen LogP contribution in [0, 0.1) is 0 Å². The van der Waals surface area contributed by atoms with Gasteiger partial charge in [0.15, 0.2) is 0 Å². The SMILES string of the molecule is O=S(=O)(c1ccc(O)cc1)c1ccc(OCCOCCOCCOc2ccc(S(=O)(=O)c3ccc(O)cc3)cc2)cc1. The maximum atomic E-state index is 12.7. The molecule has 0 amide bonds. The Morgan fingerprint density at radius 3 is 0.976 bits per heavy atom. The first kappa shape index (κ1) is 30.8. The molecule has 0 spiro atoms. The molecule has 222 valence electrons. The van der Waals surface area contributed by atoms with Crippen LogP contribution in [0.15, 0.2) is 117 Å². The molecule has 10 nitrogen and oxygen atoms in total. The number of hydrogen-bond donors (Lipinski definition) is 2. The summed E-state index contributed by atoms with van der Waals surface area (Å²) in [5.74, 6) is 0.986. The lowest BCUT2D eigenvalue weighted by molar-refractivity contribution is 0.0273. The van der Waals surface area contributed by atoms with Crippen molar-refractivity contribution in [3.63, 3.8) is 0 Å². The quantitative estimate of drug-likeness (QED) is 0.186. The van der Waals surface area contributed by atoms with Crippen molar-refractivity contribution in [3.05, 3.63) is 97.1 Å². The van der Waals surface area contributed by atoms with Crippen molar-refractivity contribution in [2.45, 2.75) is 19.6 Å². The van der Waals surface area contributed by atoms with E-state index in [4.69, 9.17) is 18.9 Å². The second-order valence-electron chi connectivity index (χ2n) is 8.86. The molecule has 0 saturated carbocycles. The first-order chi connectivity index (χ1) is 20.2. The number of hydrogen-bond acceptors (Lipinski definition) is 10. The zero-order valence-electron chi connectivity index (χ0n) is 22.5. The Labute approximate surface area is 244 Å². The predicted molar refractivity (Wildman–Crippen MR) is 153 cm³/mol. The number of phenolic OH excluding ortho intramolecular Hbond substituents is 2. The third kappa shape index (κ3) is 8.23. The third-order valence-electron chi connectivity index (χ3n) is 5.93. The fourth-order valence-electron chi connectivity index (χ4n) is 3.71. The fourth-order valence-corrected chi connectivity index (χ4v) is 6.23. The minimum atomic E-state index is -3.69. The molecule has 0 saturated heterocycles. The zero-order chi connectivity index (χ0) is 30.0. The molecule has 0 bridgehead atoms. The first-order valence-electron chi connectivity index (χ1n) is 12.9. The molecule has 4 rings (SSSR count). The highest BCUT2D eigenvalue weighted by molar-refractivity contribution is 7.91. The van der Waals surface area contributed by atoms with Gasteiger partial charge in [0.25, 0.3) is 0 Å². The van der Waals surface area contributed by atoms with E-state index in [2.05, 4.69) is 0 Å². The molecule has 0 radical (unpaired) electrons. The summed E-state index contributed by atoms with van der Waals surface area (Å²) in [5.41, 5.74) is 0. The molecule has 2 N–H and O–H groups in total. The van der Waals surface area contributed by atoms with Crippen molar-refractivity contribution in [2.75, 3.05) is 39.6 Å². The lowest BCUT2D eigenvalue weighted by atomic mass is 10.3. The second kappa shape index (κ2) is 14.2. The van der Waals surface area contributed by atoms with Gasteiger partial charge in [-0.3, -0.25) is 0 Å². The van der Waals surface area contributed by atoms with Crippen molar-refractivity contribution in [2.24, 2.45) is 0 Å². The van der Waals surface area contributed by atoms with Crippen LogP contribution in [0.1, 0.15) is 0 Å². The van der Waals surface area contributed by atoms with Crippen LogP contribution >= 0.6 is 0 Å². The summed E-state index contributed by atoms with van der Waals surface area (Å²) in [6, 6.07) is 22.8. The summed E-state index contributed by atoms with van der Waals surface area (Å²) in [5, 5.41) is 18.7. The summed E-state index contributed by atoms with van der Waals surface area (Å²) in [6.07, 6.45) is 0. The lowest BCUT2D eigenvalue weighted by Gasteiger charge is -2.10. The number of ether oxygens (including phenoxy) is 4. The van der Waals surface area contributed by atoms with E-state index >= 15 is 0 Å². The van der Waals surface area contributed by atoms with Gasteiger partial charge in [0.1, 0.15) is 36.2 Å². The van der Waals surface area contributed by atoms with Gasteiger partial charge in [0, 0.05) is 0 Å². The van der Waals surface area contributed by atoms with Crippen LogP contribution in [-0.4, -0.2) is 66.7 Å². The van der Waals surface area contributed by atoms with Gasteiger partial charge in [0.05, 0.1) is 46.0 Å². The summed E-state index contributed by atoms with van der Waals surface area (Å²) < 4.78 is 72.8. The van der Waals surface area contributed by atoms with Crippen LogP contribution < -0.4 is 9.47 Å². The Morgan fingerprint density at radius 2 is 0.667 bits per heavy atom. The lowest BCUT2D eigenvalue weighted by Crippen LogP contribution is -2.13. The van der Waals surface area contributed by atoms with Crippen LogP contribution in [0.3, 0.4) is 0 Å². The van der Waals surface area contributed by atoms with Gasteiger partial charge in [-0.15, -0.1) is 0 Å². The molecule has 0 atom stereocenters. The third-order valence-corrected chi connectivity index (χ3v) is 9.50. The van der Waals surface area contributed by atoms with Crippen molar-refractivity contribution in [1.82, 2.24) is 0 Å². The second-order valence-corrected chi connectivity index (χ2v) is 12.8. The summed E-state index contributed by atoms with van der Waals surface area (Å²) in [6.45, 7) is 1.85. The van der Waals surface area contributed by atoms with Crippen molar-refractivity contribution in [1.29, 1.82) is 0 Å². The minimum Gasteiger partial charge on any atom is -0.508 e. The molecule has 42 heavy (non-hydrogen) atoms. The average Bonchev–Trinajstić information content (AvgIpc) is 2.99. The number of aromatic hydroxyl groups is 2. The van der Waals surface area contributed by atoms with Gasteiger partial charge >= 0.3 is 0 Å². The van der Waals surface area contributed by atoms with E-state index in [0.717, 1.165) is 0 Å². The standard InChI is InChI=1S/C30H30O10S2/c31-23-1-9-27(10-2-23)41(33,34)29-13-5-25(6-14-29)39-21-19-37-17-18-38-20-22-40-26-7-15-30(16-8-26)42(35,36)28-11-3-24(32)4-12-28/h1-16,31-32H,17-22H2. The average molecular weight is 615 g/mol. The Morgan fingerprint density at radius 1 is 0.405 bits per heavy atom. The maximum Gasteiger partial charge on any atom is 0.206 e. The Bertz CT molecular complexity index is 1510. The van der Waals surface area contributed by atoms with E-state index < -0.39 is 19.7 Å². The summed E-state index contributed by atoms with van der Waals surface area (Å²) in [7, 11) is -7.38. The normalized spacial score (nSPS) is 11.7. The van der Waals surface area contributed by atoms with E-state index in [1.54, 1.807) is 24.3 Å². The number of rotatable bonds is 15. The highest BCUT2D eigenvalue weighted by Crippen LogP contribution is 2.26. The Hall–Kier alpha value is -4.10. The molecular formula is C30H30O10S2. The molecule has 0 aliphatic rings. The minimum absolute atomic E-state index is 0.00964. The fraction of sp³-hybridized carbons (Fsp3) is 0.200. The molecule has 0 aromatic heterocycles. The van der Waals surface area contributed by atoms with Crippen LogP contribution in [0.25, 0.3) is 0 Å². The molecule has 0 heterocycles. The van der Waals surface area contributed by atoms with Crippen molar-refractivity contribution in [3.8, 4) is 23.0 Å². The molecule has 0 fully saturated rings. The molecule has 12 heteroatoms. The van der Waals surface area contributed by atoms with Crippen LogP contribution in [0.5, 0.6) is 23.0 Å². The summed E-state index contributed by atoms with van der Waals surface area (Å²) in [4.78, 5) is 0.415. The first-order valence-corrected chi connectivity index (χ1v) is 15.8. The van der Waals surface area contributed by atoms with Gasteiger partial charge in [-0.05, 0) is 97.1 Å². The molecule has 0 unspecified atom stereocenters. The number of phenols is 2. The maximum absolute atomic E-state index is 12.7. The largest absolute Gasteiger partial charge is 0.508 e. The van der Waals surface area contributed by atoms with E-state index in [0.29, 0.717) is 37.9 Å². The number of benzene rings is 4. The van der Waals surface area contributed by atoms with Gasteiger partial charge in [0.2, 0.25) is 19.7 Å². The van der Waals surface area contributed by atoms with Crippen molar-refractivity contribution < 1.29 is 46.0 Å². The highest BCUT2D eigenvalue weighted by atomic mass is 32.2. The smallest absolute Gasteiger partial charge is 0.206 e. The number of sulfone groups is 2. The highest BCUT2D eigenvalue weighted by Gasteiger charge is 2.18. The van der Waals surface area contributed by atoms with E-state index in [9.17, 15) is 27.0 Å². The molecule has 4 aromatic rings. The van der Waals surface area contributed by atoms with Gasteiger partial charge < -0.3 is 29.2 Å². The van der Waals surface area contributed by atoms with E-state index in [-0.39, 0.29) is 44.3 Å². The van der Waals surface area contributed by atoms with Gasteiger partial charge in [-0.25, -0.2) is 16.8 Å². The van der Waals surface area contributed by atoms with Crippen molar-refractivity contribution >= 4 is 19.7 Å². The van der Waals surface area contributed by atoms with Crippen LogP contribution in [0.4, 0.5) is 0 Å². The Balaban J connectivity index is 1.07. The predicted octanol–water partition coefficient (Wildman–Crippen LogP) is 4.25. The molecule has 4 aromatic carbocycles. The molecule has 0 aliphatic heterocycles.